The van der Waals surface area contributed by atoms with Crippen LogP contribution < -0.4 is 10.5 Å². The maximum atomic E-state index is 7.25. The average Bonchev–Trinajstić information content (AvgIpc) is 2.25. The molecule has 17 heavy (non-hydrogen) atoms. The number of amidine groups is 1. The quantitative estimate of drug-likeness (QED) is 0.463. The van der Waals surface area contributed by atoms with Crippen LogP contribution in [-0.4, -0.2) is 38.0 Å². The fourth-order valence-corrected chi connectivity index (χ4v) is 1.30. The first-order valence-electron chi connectivity index (χ1n) is 5.31. The maximum Gasteiger partial charge on any atom is 0.122 e. The third kappa shape index (κ3) is 6.14. The summed E-state index contributed by atoms with van der Waals surface area (Å²) in [6.07, 6.45) is 1.00. The summed E-state index contributed by atoms with van der Waals surface area (Å²) in [7, 11) is 4.09. The highest BCUT2D eigenvalue weighted by molar-refractivity contribution is 5.94. The van der Waals surface area contributed by atoms with Crippen LogP contribution in [0.15, 0.2) is 24.3 Å². The summed E-state index contributed by atoms with van der Waals surface area (Å²) in [6, 6.07) is 7.27. The van der Waals surface area contributed by atoms with E-state index in [9.17, 15) is 0 Å². The van der Waals surface area contributed by atoms with Gasteiger partial charge < -0.3 is 15.4 Å². The summed E-state index contributed by atoms with van der Waals surface area (Å²) in [4.78, 5) is 2.13. The Kier molecular flexibility index (Phi) is 7.34. The molecule has 0 spiro atoms. The first-order valence-corrected chi connectivity index (χ1v) is 5.31. The Morgan fingerprint density at radius 1 is 1.29 bits per heavy atom. The largest absolute Gasteiger partial charge is 0.494 e. The van der Waals surface area contributed by atoms with Crippen LogP contribution in [0, 0.1) is 5.41 Å². The zero-order valence-electron chi connectivity index (χ0n) is 10.3. The number of nitrogens with two attached hydrogens (primary N) is 1. The molecule has 0 heterocycles. The van der Waals surface area contributed by atoms with E-state index in [-0.39, 0.29) is 18.2 Å². The number of ether oxygens (including phenoxy) is 1. The molecular weight excluding hydrogens is 238 g/mol. The van der Waals surface area contributed by atoms with Gasteiger partial charge in [0.25, 0.3) is 0 Å². The second-order valence-corrected chi connectivity index (χ2v) is 3.94. The standard InChI is InChI=1S/C12H19N3O.ClH/c1-15(2)8-3-9-16-11-6-4-10(5-7-11)12(13)14;/h4-7H,3,8-9H2,1-2H3,(H3,13,14);1H. The Hall–Kier alpha value is -1.26. The van der Waals surface area contributed by atoms with Gasteiger partial charge in [-0.1, -0.05) is 0 Å². The van der Waals surface area contributed by atoms with Gasteiger partial charge in [0.2, 0.25) is 0 Å². The second kappa shape index (κ2) is 7.92. The molecule has 0 aliphatic heterocycles. The van der Waals surface area contributed by atoms with Gasteiger partial charge in [0.1, 0.15) is 11.6 Å². The van der Waals surface area contributed by atoms with E-state index in [1.165, 1.54) is 0 Å². The van der Waals surface area contributed by atoms with Crippen LogP contribution in [0.1, 0.15) is 12.0 Å². The van der Waals surface area contributed by atoms with E-state index in [2.05, 4.69) is 4.90 Å². The third-order valence-corrected chi connectivity index (χ3v) is 2.18. The van der Waals surface area contributed by atoms with Crippen molar-refractivity contribution in [3.05, 3.63) is 29.8 Å². The van der Waals surface area contributed by atoms with E-state index in [4.69, 9.17) is 15.9 Å². The molecule has 0 aromatic heterocycles. The normalized spacial score (nSPS) is 9.82. The molecule has 0 bridgehead atoms. The van der Waals surface area contributed by atoms with Crippen molar-refractivity contribution in [2.75, 3.05) is 27.2 Å². The molecule has 0 aliphatic rings. The molecule has 1 aromatic rings. The fourth-order valence-electron chi connectivity index (χ4n) is 1.30. The molecule has 1 aromatic carbocycles. The number of nitrogens with zero attached hydrogens (tertiary/aromatic N) is 1. The molecular formula is C12H20ClN3O. The lowest BCUT2D eigenvalue weighted by Gasteiger charge is -2.10. The van der Waals surface area contributed by atoms with Gasteiger partial charge in [-0.05, 0) is 44.8 Å². The minimum Gasteiger partial charge on any atom is -0.494 e. The van der Waals surface area contributed by atoms with Crippen LogP contribution in [0.2, 0.25) is 0 Å². The van der Waals surface area contributed by atoms with E-state index in [0.717, 1.165) is 24.3 Å². The lowest BCUT2D eigenvalue weighted by molar-refractivity contribution is 0.281. The SMILES string of the molecule is CN(C)CCCOc1ccc(C(=N)N)cc1.Cl. The molecule has 3 N–H and O–H groups in total. The van der Waals surface area contributed by atoms with Crippen molar-refractivity contribution in [3.8, 4) is 5.75 Å². The number of nitrogens with one attached hydrogen (secondary N) is 1. The van der Waals surface area contributed by atoms with E-state index in [1.807, 2.05) is 26.2 Å². The molecule has 0 saturated heterocycles. The Labute approximate surface area is 109 Å². The number of halogens is 1. The Balaban J connectivity index is 0.00000256. The van der Waals surface area contributed by atoms with E-state index in [0.29, 0.717) is 6.61 Å². The van der Waals surface area contributed by atoms with Crippen molar-refractivity contribution in [3.63, 3.8) is 0 Å². The van der Waals surface area contributed by atoms with Crippen molar-refractivity contribution in [1.82, 2.24) is 4.90 Å². The molecule has 0 radical (unpaired) electrons. The molecule has 0 amide bonds. The first kappa shape index (κ1) is 15.7. The number of nitrogen functional groups attached to an aromatic ring is 1. The predicted molar refractivity (Wildman–Crippen MR) is 73.4 cm³/mol. The van der Waals surface area contributed by atoms with Crippen molar-refractivity contribution in [1.29, 1.82) is 5.41 Å². The summed E-state index contributed by atoms with van der Waals surface area (Å²) < 4.78 is 5.55. The highest BCUT2D eigenvalue weighted by Gasteiger charge is 1.97. The van der Waals surface area contributed by atoms with Gasteiger partial charge in [0, 0.05) is 12.1 Å². The summed E-state index contributed by atoms with van der Waals surface area (Å²) in [5, 5.41) is 7.25. The van der Waals surface area contributed by atoms with Crippen LogP contribution in [0.25, 0.3) is 0 Å². The molecule has 5 heteroatoms. The molecule has 0 unspecified atom stereocenters. The smallest absolute Gasteiger partial charge is 0.122 e. The minimum atomic E-state index is 0. The van der Waals surface area contributed by atoms with Crippen LogP contribution in [-0.2, 0) is 0 Å². The van der Waals surface area contributed by atoms with Gasteiger partial charge in [-0.15, -0.1) is 12.4 Å². The topological polar surface area (TPSA) is 62.3 Å². The Morgan fingerprint density at radius 2 is 1.88 bits per heavy atom. The average molecular weight is 258 g/mol. The maximum absolute atomic E-state index is 7.25. The summed E-state index contributed by atoms with van der Waals surface area (Å²) in [6.45, 7) is 1.73. The van der Waals surface area contributed by atoms with Gasteiger partial charge in [-0.3, -0.25) is 5.41 Å². The van der Waals surface area contributed by atoms with Crippen LogP contribution in [0.5, 0.6) is 5.75 Å². The minimum absolute atomic E-state index is 0. The van der Waals surface area contributed by atoms with Crippen molar-refractivity contribution in [2.24, 2.45) is 5.73 Å². The van der Waals surface area contributed by atoms with Gasteiger partial charge in [-0.25, -0.2) is 0 Å². The van der Waals surface area contributed by atoms with Gasteiger partial charge in [-0.2, -0.15) is 0 Å². The molecule has 4 nitrogen and oxygen atoms in total. The van der Waals surface area contributed by atoms with E-state index in [1.54, 1.807) is 12.1 Å². The molecule has 0 fully saturated rings. The number of hydrogen-bond acceptors (Lipinski definition) is 3. The first-order chi connectivity index (χ1) is 7.59. The van der Waals surface area contributed by atoms with Crippen LogP contribution >= 0.6 is 12.4 Å². The lowest BCUT2D eigenvalue weighted by Crippen LogP contribution is -2.15. The van der Waals surface area contributed by atoms with Crippen molar-refractivity contribution in [2.45, 2.75) is 6.42 Å². The lowest BCUT2D eigenvalue weighted by atomic mass is 10.2. The zero-order valence-corrected chi connectivity index (χ0v) is 11.1. The highest BCUT2D eigenvalue weighted by atomic mass is 35.5. The number of rotatable bonds is 6. The highest BCUT2D eigenvalue weighted by Crippen LogP contribution is 2.11. The number of hydrogen-bond donors (Lipinski definition) is 2. The summed E-state index contributed by atoms with van der Waals surface area (Å²) in [5.41, 5.74) is 6.08. The summed E-state index contributed by atoms with van der Waals surface area (Å²) >= 11 is 0. The predicted octanol–water partition coefficient (Wildman–Crippen LogP) is 1.72. The van der Waals surface area contributed by atoms with E-state index >= 15 is 0 Å². The Bertz CT molecular complexity index is 338. The molecule has 0 saturated carbocycles. The number of benzene rings is 1. The monoisotopic (exact) mass is 257 g/mol. The molecule has 96 valence electrons. The fraction of sp³-hybridized carbons (Fsp3) is 0.417. The van der Waals surface area contributed by atoms with Crippen molar-refractivity contribution >= 4 is 18.2 Å². The van der Waals surface area contributed by atoms with Crippen LogP contribution in [0.3, 0.4) is 0 Å². The molecule has 1 rings (SSSR count). The summed E-state index contributed by atoms with van der Waals surface area (Å²) in [5.74, 6) is 0.905. The Morgan fingerprint density at radius 3 is 2.35 bits per heavy atom. The zero-order chi connectivity index (χ0) is 12.0. The van der Waals surface area contributed by atoms with Gasteiger partial charge in [0.15, 0.2) is 0 Å². The second-order valence-electron chi connectivity index (χ2n) is 3.94. The van der Waals surface area contributed by atoms with Gasteiger partial charge >= 0.3 is 0 Å². The van der Waals surface area contributed by atoms with Crippen molar-refractivity contribution < 1.29 is 4.74 Å². The molecule has 0 atom stereocenters. The molecule has 0 aliphatic carbocycles. The third-order valence-electron chi connectivity index (χ3n) is 2.18. The van der Waals surface area contributed by atoms with Crippen LogP contribution in [0.4, 0.5) is 0 Å². The van der Waals surface area contributed by atoms with E-state index < -0.39 is 0 Å². The van der Waals surface area contributed by atoms with Gasteiger partial charge in [0.05, 0.1) is 6.61 Å².